The molecule has 0 aliphatic carbocycles. The average molecular weight is 410 g/mol. The molecule has 0 unspecified atom stereocenters. The number of hydrogen-bond donors (Lipinski definition) is 1. The van der Waals surface area contributed by atoms with Crippen molar-refractivity contribution in [2.75, 3.05) is 18.6 Å². The van der Waals surface area contributed by atoms with Gasteiger partial charge in [0.25, 0.3) is 0 Å². The van der Waals surface area contributed by atoms with E-state index in [9.17, 15) is 9.59 Å². The van der Waals surface area contributed by atoms with Gasteiger partial charge in [-0.25, -0.2) is 4.79 Å². The molecule has 1 saturated heterocycles. The number of fused-ring (bicyclic) bond motifs is 4. The second-order valence-electron chi connectivity index (χ2n) is 7.87. The Morgan fingerprint density at radius 2 is 1.93 bits per heavy atom. The standard InChI is InChI=1S/C23H26N2O5/c1-6-29-21(26)18-19-16-8-7-9-17(28-5)20(16)30-23(18,4)25(22(27)24-19)15-11-13(2)10-14(3)12-15/h7-12,18-19H,6H2,1-5H3,(H,24,27)/t18-,19+,23+/m1/s1. The largest absolute Gasteiger partial charge is 0.493 e. The lowest BCUT2D eigenvalue weighted by Crippen LogP contribution is -2.72. The third kappa shape index (κ3) is 2.96. The first-order chi connectivity index (χ1) is 14.3. The van der Waals surface area contributed by atoms with Crippen LogP contribution in [0.2, 0.25) is 0 Å². The normalized spacial score (nSPS) is 24.4. The van der Waals surface area contributed by atoms with Crippen LogP contribution in [0.4, 0.5) is 10.5 Å². The molecule has 0 saturated carbocycles. The van der Waals surface area contributed by atoms with Gasteiger partial charge in [0, 0.05) is 11.3 Å². The van der Waals surface area contributed by atoms with E-state index in [2.05, 4.69) is 5.32 Å². The smallest absolute Gasteiger partial charge is 0.325 e. The van der Waals surface area contributed by atoms with Crippen LogP contribution >= 0.6 is 0 Å². The number of methoxy groups -OCH3 is 1. The van der Waals surface area contributed by atoms with Crippen LogP contribution in [-0.4, -0.2) is 31.4 Å². The minimum absolute atomic E-state index is 0.237. The predicted octanol–water partition coefficient (Wildman–Crippen LogP) is 3.87. The molecule has 0 aromatic heterocycles. The van der Waals surface area contributed by atoms with Gasteiger partial charge in [0.15, 0.2) is 11.5 Å². The van der Waals surface area contributed by atoms with Crippen LogP contribution in [0.15, 0.2) is 36.4 Å². The highest BCUT2D eigenvalue weighted by molar-refractivity contribution is 5.98. The SMILES string of the molecule is CCOC(=O)[C@H]1[C@H]2NC(=O)N(c3cc(C)cc(C)c3)[C@@]1(C)Oc1c(OC)cccc12. The molecule has 2 aromatic rings. The fourth-order valence-corrected chi connectivity index (χ4v) is 4.59. The van der Waals surface area contributed by atoms with E-state index in [1.807, 2.05) is 44.2 Å². The summed E-state index contributed by atoms with van der Waals surface area (Å²) in [5.41, 5.74) is 2.05. The number of urea groups is 1. The van der Waals surface area contributed by atoms with Crippen molar-refractivity contribution in [3.05, 3.63) is 53.1 Å². The molecule has 2 aromatic carbocycles. The summed E-state index contributed by atoms with van der Waals surface area (Å²) >= 11 is 0. The lowest BCUT2D eigenvalue weighted by atomic mass is 9.79. The summed E-state index contributed by atoms with van der Waals surface area (Å²) in [7, 11) is 1.56. The zero-order chi connectivity index (χ0) is 21.6. The Bertz CT molecular complexity index is 1000. The quantitative estimate of drug-likeness (QED) is 0.775. The molecule has 2 bridgehead atoms. The van der Waals surface area contributed by atoms with Gasteiger partial charge in [-0.05, 0) is 57.0 Å². The number of anilines is 1. The zero-order valence-electron chi connectivity index (χ0n) is 17.8. The van der Waals surface area contributed by atoms with Gasteiger partial charge in [0.05, 0.1) is 19.8 Å². The number of nitrogens with one attached hydrogen (secondary N) is 1. The van der Waals surface area contributed by atoms with Gasteiger partial charge >= 0.3 is 12.0 Å². The summed E-state index contributed by atoms with van der Waals surface area (Å²) < 4.78 is 17.3. The van der Waals surface area contributed by atoms with Gasteiger partial charge in [0.2, 0.25) is 5.72 Å². The first-order valence-corrected chi connectivity index (χ1v) is 10.0. The predicted molar refractivity (Wildman–Crippen MR) is 112 cm³/mol. The summed E-state index contributed by atoms with van der Waals surface area (Å²) in [5.74, 6) is -0.131. The number of aryl methyl sites for hydroxylation is 2. The Morgan fingerprint density at radius 3 is 2.57 bits per heavy atom. The Morgan fingerprint density at radius 1 is 1.23 bits per heavy atom. The van der Waals surface area contributed by atoms with E-state index in [0.29, 0.717) is 22.7 Å². The second kappa shape index (κ2) is 7.23. The van der Waals surface area contributed by atoms with Crippen molar-refractivity contribution < 1.29 is 23.8 Å². The highest BCUT2D eigenvalue weighted by Gasteiger charge is 2.61. The molecular formula is C23H26N2O5. The third-order valence-electron chi connectivity index (χ3n) is 5.71. The molecule has 158 valence electrons. The van der Waals surface area contributed by atoms with Crippen LogP contribution < -0.4 is 19.7 Å². The number of hydrogen-bond acceptors (Lipinski definition) is 5. The molecule has 2 aliphatic rings. The number of para-hydroxylation sites is 1. The summed E-state index contributed by atoms with van der Waals surface area (Å²) in [4.78, 5) is 27.9. The van der Waals surface area contributed by atoms with Crippen LogP contribution in [0.5, 0.6) is 11.5 Å². The van der Waals surface area contributed by atoms with Gasteiger partial charge < -0.3 is 19.5 Å². The van der Waals surface area contributed by atoms with Gasteiger partial charge in [-0.3, -0.25) is 9.69 Å². The number of nitrogens with zero attached hydrogens (tertiary/aromatic N) is 1. The van der Waals surface area contributed by atoms with Gasteiger partial charge in [-0.1, -0.05) is 18.2 Å². The topological polar surface area (TPSA) is 77.1 Å². The van der Waals surface area contributed by atoms with Crippen molar-refractivity contribution >= 4 is 17.7 Å². The molecule has 1 fully saturated rings. The minimum Gasteiger partial charge on any atom is -0.493 e. The molecule has 1 N–H and O–H groups in total. The van der Waals surface area contributed by atoms with E-state index in [1.54, 1.807) is 27.0 Å². The van der Waals surface area contributed by atoms with Crippen LogP contribution in [0.25, 0.3) is 0 Å². The van der Waals surface area contributed by atoms with Crippen molar-refractivity contribution in [1.82, 2.24) is 5.32 Å². The molecule has 2 aliphatic heterocycles. The number of amides is 2. The van der Waals surface area contributed by atoms with Crippen molar-refractivity contribution in [1.29, 1.82) is 0 Å². The van der Waals surface area contributed by atoms with Crippen LogP contribution in [-0.2, 0) is 9.53 Å². The summed E-state index contributed by atoms with van der Waals surface area (Å²) in [6.45, 7) is 7.68. The first kappa shape index (κ1) is 20.1. The Balaban J connectivity index is 1.94. The Kier molecular flexibility index (Phi) is 4.84. The molecule has 3 atom stereocenters. The van der Waals surface area contributed by atoms with Crippen molar-refractivity contribution in [2.24, 2.45) is 5.92 Å². The summed E-state index contributed by atoms with van der Waals surface area (Å²) in [6, 6.07) is 10.4. The number of benzene rings is 2. The number of carbonyl (C=O) groups is 2. The molecule has 0 spiro atoms. The van der Waals surface area contributed by atoms with Gasteiger partial charge in [-0.15, -0.1) is 0 Å². The summed E-state index contributed by atoms with van der Waals surface area (Å²) in [6.07, 6.45) is 0. The molecule has 7 heteroatoms. The fraction of sp³-hybridized carbons (Fsp3) is 0.391. The van der Waals surface area contributed by atoms with E-state index in [4.69, 9.17) is 14.2 Å². The molecule has 2 amide bonds. The lowest BCUT2D eigenvalue weighted by molar-refractivity contribution is -0.160. The minimum atomic E-state index is -1.30. The molecule has 2 heterocycles. The highest BCUT2D eigenvalue weighted by atomic mass is 16.6. The maximum Gasteiger partial charge on any atom is 0.325 e. The number of rotatable bonds is 4. The van der Waals surface area contributed by atoms with Crippen LogP contribution in [0.3, 0.4) is 0 Å². The van der Waals surface area contributed by atoms with Crippen molar-refractivity contribution in [2.45, 2.75) is 39.5 Å². The van der Waals surface area contributed by atoms with E-state index < -0.39 is 23.7 Å². The lowest BCUT2D eigenvalue weighted by Gasteiger charge is -2.54. The van der Waals surface area contributed by atoms with E-state index in [1.165, 1.54) is 4.90 Å². The highest BCUT2D eigenvalue weighted by Crippen LogP contribution is 2.52. The third-order valence-corrected chi connectivity index (χ3v) is 5.71. The first-order valence-electron chi connectivity index (χ1n) is 10.0. The fourth-order valence-electron chi connectivity index (χ4n) is 4.59. The maximum absolute atomic E-state index is 13.3. The molecule has 4 rings (SSSR count). The second-order valence-corrected chi connectivity index (χ2v) is 7.87. The molecule has 30 heavy (non-hydrogen) atoms. The number of ether oxygens (including phenoxy) is 3. The van der Waals surface area contributed by atoms with Crippen LogP contribution in [0, 0.1) is 19.8 Å². The number of carbonyl (C=O) groups excluding carboxylic acids is 2. The van der Waals surface area contributed by atoms with Crippen molar-refractivity contribution in [3.63, 3.8) is 0 Å². The monoisotopic (exact) mass is 410 g/mol. The Hall–Kier alpha value is -3.22. The van der Waals surface area contributed by atoms with Crippen molar-refractivity contribution in [3.8, 4) is 11.5 Å². The van der Waals surface area contributed by atoms with E-state index in [-0.39, 0.29) is 12.6 Å². The Labute approximate surface area is 175 Å². The molecule has 7 nitrogen and oxygen atoms in total. The number of esters is 1. The zero-order valence-corrected chi connectivity index (χ0v) is 17.8. The molecule has 0 radical (unpaired) electrons. The summed E-state index contributed by atoms with van der Waals surface area (Å²) in [5, 5.41) is 3.01. The maximum atomic E-state index is 13.3. The van der Waals surface area contributed by atoms with E-state index >= 15 is 0 Å². The molecular weight excluding hydrogens is 384 g/mol. The van der Waals surface area contributed by atoms with Crippen LogP contribution in [0.1, 0.15) is 36.6 Å². The van der Waals surface area contributed by atoms with E-state index in [0.717, 1.165) is 11.1 Å². The van der Waals surface area contributed by atoms with Gasteiger partial charge in [-0.2, -0.15) is 0 Å². The average Bonchev–Trinajstić information content (AvgIpc) is 2.66. The van der Waals surface area contributed by atoms with Gasteiger partial charge in [0.1, 0.15) is 5.92 Å².